The van der Waals surface area contributed by atoms with Gasteiger partial charge in [-0.25, -0.2) is 9.69 Å². The minimum atomic E-state index is -1.49. The van der Waals surface area contributed by atoms with Gasteiger partial charge in [-0.2, -0.15) is 0 Å². The van der Waals surface area contributed by atoms with Gasteiger partial charge in [0.15, 0.2) is 29.2 Å². The largest absolute Gasteiger partial charge is 0.493 e. The Morgan fingerprint density at radius 3 is 2.03 bits per heavy atom. The number of carbonyl (C=O) groups excluding carboxylic acids is 6. The number of hydrogen-bond donors (Lipinski definition) is 4. The number of fused-ring (bicyclic) bond motifs is 4. The van der Waals surface area contributed by atoms with Gasteiger partial charge in [-0.1, -0.05) is 37.1 Å². The number of hydrogen-bond acceptors (Lipinski definition) is 13. The number of anilines is 2. The molecule has 0 saturated carbocycles. The van der Waals surface area contributed by atoms with Crippen molar-refractivity contribution in [2.45, 2.75) is 111 Å². The summed E-state index contributed by atoms with van der Waals surface area (Å²) in [5.74, 6) is -0.694. The Kier molecular flexibility index (Phi) is 15.8. The summed E-state index contributed by atoms with van der Waals surface area (Å²) in [6.07, 6.45) is 5.95. The maximum Gasteiger partial charge on any atom is 0.416 e. The fourth-order valence-electron chi connectivity index (χ4n) is 8.69. The second-order valence-electron chi connectivity index (χ2n) is 18.2. The molecular formula is C51H61N7O12. The summed E-state index contributed by atoms with van der Waals surface area (Å²) in [7, 11) is 2.97. The molecule has 0 radical (unpaired) electrons. The number of aliphatic hydroxyl groups is 1. The van der Waals surface area contributed by atoms with E-state index in [1.54, 1.807) is 67.6 Å². The highest BCUT2D eigenvalue weighted by molar-refractivity contribution is 6.07. The number of rotatable bonds is 18. The van der Waals surface area contributed by atoms with Crippen molar-refractivity contribution in [2.24, 2.45) is 10.9 Å². The third-order valence-electron chi connectivity index (χ3n) is 12.4. The minimum absolute atomic E-state index is 0.0796. The van der Waals surface area contributed by atoms with E-state index >= 15 is 0 Å². The molecule has 0 aliphatic carbocycles. The molecule has 4 heterocycles. The highest BCUT2D eigenvalue weighted by Gasteiger charge is 2.45. The lowest BCUT2D eigenvalue weighted by Crippen LogP contribution is -2.53. The Bertz CT molecular complexity index is 2610. The van der Waals surface area contributed by atoms with Crippen LogP contribution in [0.25, 0.3) is 0 Å². The summed E-state index contributed by atoms with van der Waals surface area (Å²) in [4.78, 5) is 87.6. The molecule has 4 N–H and O–H groups in total. The Hall–Kier alpha value is -7.41. The molecule has 0 spiro atoms. The Labute approximate surface area is 406 Å². The van der Waals surface area contributed by atoms with Gasteiger partial charge >= 0.3 is 6.09 Å². The normalized spacial score (nSPS) is 18.8. The van der Waals surface area contributed by atoms with Gasteiger partial charge in [0.1, 0.15) is 18.7 Å². The van der Waals surface area contributed by atoms with E-state index in [1.165, 1.54) is 45.1 Å². The third-order valence-corrected chi connectivity index (χ3v) is 12.4. The second kappa shape index (κ2) is 21.9. The molecule has 70 heavy (non-hydrogen) atoms. The Morgan fingerprint density at radius 2 is 1.39 bits per heavy atom. The van der Waals surface area contributed by atoms with E-state index < -0.39 is 48.2 Å². The molecule has 3 aromatic rings. The molecule has 19 heteroatoms. The van der Waals surface area contributed by atoms with Crippen LogP contribution in [-0.4, -0.2) is 115 Å². The van der Waals surface area contributed by atoms with Crippen molar-refractivity contribution in [2.75, 3.05) is 37.7 Å². The summed E-state index contributed by atoms with van der Waals surface area (Å²) >= 11 is 0. The van der Waals surface area contributed by atoms with Crippen LogP contribution in [0, 0.1) is 5.92 Å². The van der Waals surface area contributed by atoms with Gasteiger partial charge in [-0.15, -0.1) is 0 Å². The molecule has 5 atom stereocenters. The monoisotopic (exact) mass is 963 g/mol. The van der Waals surface area contributed by atoms with Gasteiger partial charge < -0.3 is 54.5 Å². The average molecular weight is 964 g/mol. The van der Waals surface area contributed by atoms with Crippen LogP contribution in [-0.2, 0) is 25.7 Å². The van der Waals surface area contributed by atoms with Crippen molar-refractivity contribution < 1.29 is 57.6 Å². The number of benzene rings is 3. The molecule has 6 amide bonds. The molecule has 0 unspecified atom stereocenters. The Morgan fingerprint density at radius 1 is 0.771 bits per heavy atom. The van der Waals surface area contributed by atoms with Crippen LogP contribution in [0.2, 0.25) is 0 Å². The highest BCUT2D eigenvalue weighted by Crippen LogP contribution is 2.43. The van der Waals surface area contributed by atoms with Crippen molar-refractivity contribution in [3.05, 3.63) is 88.8 Å². The van der Waals surface area contributed by atoms with E-state index in [4.69, 9.17) is 23.7 Å². The summed E-state index contributed by atoms with van der Waals surface area (Å²) in [6.45, 7) is 10.6. The van der Waals surface area contributed by atoms with Gasteiger partial charge in [-0.05, 0) is 88.6 Å². The standard InChI is InChI=1S/C51H61N7O12/c1-28(2)45(54-32(6)59)47(61)53-31(5)46(60)55-34-14-12-33(13-15-34)27-70-51(65)58-39-23-44(42(67-8)21-37(39)49(63)57-26-30(4)19-40(57)50(58)64)69-17-11-9-10-16-68-43-22-38-36(20-41(43)66-7)48(62)56-25-29(3)18-35(56)24-52-38/h12-15,20-26,28,31,35,40,45,50,64H,9-11,16-19,27H2,1-8H3,(H,53,61)(H,54,59)(H,55,60)/t31-,35-,40-,45-,50-/m0/s1. The predicted octanol–water partition coefficient (Wildman–Crippen LogP) is 6.36. The molecule has 4 aliphatic heterocycles. The maximum absolute atomic E-state index is 14.1. The fraction of sp³-hybridized carbons (Fsp3) is 0.431. The first-order valence-electron chi connectivity index (χ1n) is 23.3. The van der Waals surface area contributed by atoms with Crippen molar-refractivity contribution in [3.8, 4) is 23.0 Å². The molecule has 3 aromatic carbocycles. The predicted molar refractivity (Wildman–Crippen MR) is 259 cm³/mol. The summed E-state index contributed by atoms with van der Waals surface area (Å²) in [5, 5.41) is 19.8. The molecule has 19 nitrogen and oxygen atoms in total. The summed E-state index contributed by atoms with van der Waals surface area (Å²) in [5.41, 5.74) is 4.07. The lowest BCUT2D eigenvalue weighted by Gasteiger charge is -2.31. The number of methoxy groups -OCH3 is 2. The first-order chi connectivity index (χ1) is 33.5. The molecule has 0 bridgehead atoms. The quantitative estimate of drug-likeness (QED) is 0.102. The van der Waals surface area contributed by atoms with E-state index in [-0.39, 0.29) is 59.7 Å². The number of aliphatic hydroxyl groups excluding tert-OH is 1. The zero-order chi connectivity index (χ0) is 50.4. The van der Waals surface area contributed by atoms with Crippen LogP contribution in [0.3, 0.4) is 0 Å². The Balaban J connectivity index is 0.968. The minimum Gasteiger partial charge on any atom is -0.493 e. The first kappa shape index (κ1) is 50.5. The van der Waals surface area contributed by atoms with Crippen molar-refractivity contribution in [1.29, 1.82) is 0 Å². The third kappa shape index (κ3) is 11.2. The van der Waals surface area contributed by atoms with Crippen LogP contribution in [0.5, 0.6) is 23.0 Å². The molecule has 7 rings (SSSR count). The van der Waals surface area contributed by atoms with Crippen LogP contribution < -0.4 is 39.8 Å². The first-order valence-corrected chi connectivity index (χ1v) is 23.3. The number of amides is 6. The highest BCUT2D eigenvalue weighted by atomic mass is 16.6. The van der Waals surface area contributed by atoms with Crippen LogP contribution in [0.4, 0.5) is 21.9 Å². The number of aliphatic imine (C=N–C) groups is 1. The molecule has 4 aliphatic rings. The number of nitrogens with one attached hydrogen (secondary N) is 3. The van der Waals surface area contributed by atoms with Crippen LogP contribution in [0.15, 0.2) is 77.1 Å². The number of nitrogens with zero attached hydrogens (tertiary/aromatic N) is 4. The zero-order valence-electron chi connectivity index (χ0n) is 40.7. The number of unbranched alkanes of at least 4 members (excludes halogenated alkanes) is 2. The molecule has 372 valence electrons. The van der Waals surface area contributed by atoms with Gasteiger partial charge in [0.2, 0.25) is 17.7 Å². The summed E-state index contributed by atoms with van der Waals surface area (Å²) < 4.78 is 29.3. The average Bonchev–Trinajstić information content (AvgIpc) is 3.87. The van der Waals surface area contributed by atoms with E-state index in [0.717, 1.165) is 22.5 Å². The fourth-order valence-corrected chi connectivity index (χ4v) is 8.69. The molecule has 0 aromatic heterocycles. The van der Waals surface area contributed by atoms with Crippen molar-refractivity contribution in [3.63, 3.8) is 0 Å². The topological polar surface area (TPSA) is 227 Å². The van der Waals surface area contributed by atoms with Gasteiger partial charge in [0.05, 0.1) is 62.0 Å². The number of carbonyl (C=O) groups is 6. The smallest absolute Gasteiger partial charge is 0.416 e. The van der Waals surface area contributed by atoms with E-state index in [2.05, 4.69) is 20.9 Å². The zero-order valence-corrected chi connectivity index (χ0v) is 40.7. The lowest BCUT2D eigenvalue weighted by molar-refractivity contribution is -0.131. The van der Waals surface area contributed by atoms with Gasteiger partial charge in [-0.3, -0.25) is 29.0 Å². The second-order valence-corrected chi connectivity index (χ2v) is 18.2. The van der Waals surface area contributed by atoms with Crippen LogP contribution in [0.1, 0.15) is 99.9 Å². The lowest BCUT2D eigenvalue weighted by atomic mass is 10.0. The van der Waals surface area contributed by atoms with Gasteiger partial charge in [0.25, 0.3) is 11.8 Å². The van der Waals surface area contributed by atoms with Crippen molar-refractivity contribution >= 4 is 58.9 Å². The van der Waals surface area contributed by atoms with E-state index in [9.17, 15) is 33.9 Å². The van der Waals surface area contributed by atoms with Gasteiger partial charge in [0, 0.05) is 43.4 Å². The van der Waals surface area contributed by atoms with Crippen molar-refractivity contribution in [1.82, 2.24) is 20.4 Å². The summed E-state index contributed by atoms with van der Waals surface area (Å²) in [6, 6.07) is 10.3. The van der Waals surface area contributed by atoms with Crippen LogP contribution >= 0.6 is 0 Å². The molecular weight excluding hydrogens is 903 g/mol. The molecule has 0 saturated heterocycles. The molecule has 0 fully saturated rings. The number of ether oxygens (including phenoxy) is 5. The van der Waals surface area contributed by atoms with E-state index in [0.29, 0.717) is 66.3 Å². The van der Waals surface area contributed by atoms with E-state index in [1.807, 2.05) is 20.0 Å². The maximum atomic E-state index is 14.1. The SMILES string of the molecule is COc1cc2c(cc1OCCCCCOc1cc3c(cc1OC)C(=O)N1C=C(C)C[C@H]1[C@H](O)N3C(=O)OCc1ccc(NC(=O)[C@H](C)NC(=O)[C@@H](NC(C)=O)C(C)C)cc1)N=C[C@@H]1CC(C)=CN1C2=O.